The fraction of sp³-hybridized carbons (Fsp3) is 0.462. The van der Waals surface area contributed by atoms with Gasteiger partial charge in [-0.3, -0.25) is 0 Å². The van der Waals surface area contributed by atoms with Gasteiger partial charge < -0.3 is 10.0 Å². The van der Waals surface area contributed by atoms with E-state index in [1.807, 2.05) is 7.05 Å². The summed E-state index contributed by atoms with van der Waals surface area (Å²) < 4.78 is 13.1. The Morgan fingerprint density at radius 3 is 2.82 bits per heavy atom. The summed E-state index contributed by atoms with van der Waals surface area (Å²) in [6.07, 6.45) is 2.50. The maximum Gasteiger partial charge on any atom is 0.336 e. The highest BCUT2D eigenvalue weighted by molar-refractivity contribution is 5.89. The molecule has 92 valence electrons. The second-order valence-corrected chi connectivity index (χ2v) is 4.75. The van der Waals surface area contributed by atoms with Crippen molar-refractivity contribution >= 4 is 5.97 Å². The molecule has 1 aliphatic carbocycles. The first-order valence-corrected chi connectivity index (χ1v) is 5.76. The first-order chi connectivity index (χ1) is 8.06. The van der Waals surface area contributed by atoms with Crippen molar-refractivity contribution in [1.29, 1.82) is 0 Å². The zero-order valence-corrected chi connectivity index (χ0v) is 9.82. The number of nitrogens with zero attached hydrogens (tertiary/aromatic N) is 1. The highest BCUT2D eigenvalue weighted by Gasteiger charge is 2.23. The van der Waals surface area contributed by atoms with Crippen LogP contribution in [-0.2, 0) is 6.54 Å². The molecule has 2 rings (SSSR count). The first kappa shape index (κ1) is 12.0. The number of hydrogen-bond donors (Lipinski definition) is 1. The van der Waals surface area contributed by atoms with Crippen LogP contribution in [0.15, 0.2) is 18.2 Å². The van der Waals surface area contributed by atoms with Gasteiger partial charge in [-0.25, -0.2) is 9.18 Å². The van der Waals surface area contributed by atoms with Gasteiger partial charge in [-0.1, -0.05) is 0 Å². The van der Waals surface area contributed by atoms with Crippen molar-refractivity contribution < 1.29 is 14.3 Å². The second kappa shape index (κ2) is 4.84. The molecule has 1 N–H and O–H groups in total. The summed E-state index contributed by atoms with van der Waals surface area (Å²) in [6.45, 7) is 1.44. The zero-order valence-electron chi connectivity index (χ0n) is 9.82. The summed E-state index contributed by atoms with van der Waals surface area (Å²) in [6, 6.07) is 3.83. The molecule has 1 saturated carbocycles. The number of carboxylic acids is 1. The largest absolute Gasteiger partial charge is 0.478 e. The maximum atomic E-state index is 13.1. The van der Waals surface area contributed by atoms with Crippen LogP contribution in [0.2, 0.25) is 0 Å². The van der Waals surface area contributed by atoms with E-state index in [1.165, 1.54) is 31.0 Å². The second-order valence-electron chi connectivity index (χ2n) is 4.75. The Labute approximate surface area is 99.9 Å². The Morgan fingerprint density at radius 1 is 1.53 bits per heavy atom. The van der Waals surface area contributed by atoms with E-state index in [4.69, 9.17) is 5.11 Å². The van der Waals surface area contributed by atoms with Crippen molar-refractivity contribution in [3.05, 3.63) is 35.1 Å². The number of rotatable bonds is 5. The lowest BCUT2D eigenvalue weighted by molar-refractivity contribution is 0.0694. The summed E-state index contributed by atoms with van der Waals surface area (Å²) in [5.74, 6) is -0.647. The number of aromatic carboxylic acids is 1. The molecule has 1 aromatic carbocycles. The molecule has 0 radical (unpaired) electrons. The molecule has 0 amide bonds. The Kier molecular flexibility index (Phi) is 3.43. The van der Waals surface area contributed by atoms with E-state index in [2.05, 4.69) is 4.90 Å². The molecule has 1 fully saturated rings. The number of hydrogen-bond acceptors (Lipinski definition) is 2. The van der Waals surface area contributed by atoms with Crippen molar-refractivity contribution in [3.8, 4) is 0 Å². The number of carbonyl (C=O) groups is 1. The summed E-state index contributed by atoms with van der Waals surface area (Å²) in [5, 5.41) is 9.02. The molecule has 17 heavy (non-hydrogen) atoms. The SMILES string of the molecule is CN(Cc1cc(F)ccc1C(=O)O)CC1CC1. The van der Waals surface area contributed by atoms with Crippen LogP contribution in [0.1, 0.15) is 28.8 Å². The lowest BCUT2D eigenvalue weighted by Crippen LogP contribution is -2.22. The van der Waals surface area contributed by atoms with Crippen LogP contribution in [0.4, 0.5) is 4.39 Å². The molecule has 4 heteroatoms. The normalized spacial score (nSPS) is 15.2. The zero-order chi connectivity index (χ0) is 12.4. The van der Waals surface area contributed by atoms with Crippen molar-refractivity contribution in [2.24, 2.45) is 5.92 Å². The maximum absolute atomic E-state index is 13.1. The minimum Gasteiger partial charge on any atom is -0.478 e. The third kappa shape index (κ3) is 3.27. The van der Waals surface area contributed by atoms with Gasteiger partial charge in [0.05, 0.1) is 5.56 Å². The Bertz CT molecular complexity index is 429. The molecule has 0 aliphatic heterocycles. The van der Waals surface area contributed by atoms with Gasteiger partial charge in [0, 0.05) is 13.1 Å². The van der Waals surface area contributed by atoms with E-state index in [1.54, 1.807) is 0 Å². The average molecular weight is 237 g/mol. The fourth-order valence-corrected chi connectivity index (χ4v) is 2.00. The monoisotopic (exact) mass is 237 g/mol. The van der Waals surface area contributed by atoms with Crippen molar-refractivity contribution in [2.75, 3.05) is 13.6 Å². The quantitative estimate of drug-likeness (QED) is 0.854. The Balaban J connectivity index is 2.11. The summed E-state index contributed by atoms with van der Waals surface area (Å²) in [7, 11) is 1.94. The topological polar surface area (TPSA) is 40.5 Å². The number of halogens is 1. The van der Waals surface area contributed by atoms with E-state index in [0.29, 0.717) is 12.1 Å². The third-order valence-corrected chi connectivity index (χ3v) is 3.00. The van der Waals surface area contributed by atoms with E-state index in [-0.39, 0.29) is 11.4 Å². The molecule has 0 unspecified atom stereocenters. The van der Waals surface area contributed by atoms with Crippen molar-refractivity contribution in [1.82, 2.24) is 4.90 Å². The van der Waals surface area contributed by atoms with Gasteiger partial charge in [-0.15, -0.1) is 0 Å². The van der Waals surface area contributed by atoms with Gasteiger partial charge in [0.15, 0.2) is 0 Å². The van der Waals surface area contributed by atoms with E-state index in [0.717, 1.165) is 12.5 Å². The fourth-order valence-electron chi connectivity index (χ4n) is 2.00. The molecule has 0 spiro atoms. The van der Waals surface area contributed by atoms with Crippen LogP contribution in [0.3, 0.4) is 0 Å². The van der Waals surface area contributed by atoms with E-state index >= 15 is 0 Å². The standard InChI is InChI=1S/C13H16FNO2/c1-15(7-9-2-3-9)8-10-6-11(14)4-5-12(10)13(16)17/h4-6,9H,2-3,7-8H2,1H3,(H,16,17). The van der Waals surface area contributed by atoms with Gasteiger partial charge >= 0.3 is 5.97 Å². The predicted molar refractivity (Wildman–Crippen MR) is 62.4 cm³/mol. The third-order valence-electron chi connectivity index (χ3n) is 3.00. The molecule has 0 bridgehead atoms. The summed E-state index contributed by atoms with van der Waals surface area (Å²) in [5.41, 5.74) is 0.731. The lowest BCUT2D eigenvalue weighted by Gasteiger charge is -2.17. The number of benzene rings is 1. The molecule has 1 aliphatic rings. The molecule has 0 saturated heterocycles. The minimum atomic E-state index is -1.00. The molecule has 1 aromatic rings. The van der Waals surface area contributed by atoms with E-state index in [9.17, 15) is 9.18 Å². The summed E-state index contributed by atoms with van der Waals surface area (Å²) in [4.78, 5) is 13.1. The van der Waals surface area contributed by atoms with Crippen LogP contribution >= 0.6 is 0 Å². The van der Waals surface area contributed by atoms with Gasteiger partial charge in [0.2, 0.25) is 0 Å². The van der Waals surface area contributed by atoms with Gasteiger partial charge in [-0.05, 0) is 49.6 Å². The molecule has 3 nitrogen and oxygen atoms in total. The van der Waals surface area contributed by atoms with Crippen LogP contribution in [0, 0.1) is 11.7 Å². The molecular formula is C13H16FNO2. The van der Waals surface area contributed by atoms with Gasteiger partial charge in [0.25, 0.3) is 0 Å². The Morgan fingerprint density at radius 2 is 2.24 bits per heavy atom. The first-order valence-electron chi connectivity index (χ1n) is 5.76. The van der Waals surface area contributed by atoms with Crippen LogP contribution in [0.25, 0.3) is 0 Å². The molecule has 0 aromatic heterocycles. The van der Waals surface area contributed by atoms with Crippen molar-refractivity contribution in [3.63, 3.8) is 0 Å². The van der Waals surface area contributed by atoms with Crippen LogP contribution in [-0.4, -0.2) is 29.6 Å². The van der Waals surface area contributed by atoms with Crippen LogP contribution < -0.4 is 0 Å². The lowest BCUT2D eigenvalue weighted by atomic mass is 10.1. The Hall–Kier alpha value is -1.42. The van der Waals surface area contributed by atoms with Gasteiger partial charge in [-0.2, -0.15) is 0 Å². The molecular weight excluding hydrogens is 221 g/mol. The van der Waals surface area contributed by atoms with Crippen LogP contribution in [0.5, 0.6) is 0 Å². The smallest absolute Gasteiger partial charge is 0.336 e. The minimum absolute atomic E-state index is 0.189. The molecule has 0 atom stereocenters. The highest BCUT2D eigenvalue weighted by atomic mass is 19.1. The van der Waals surface area contributed by atoms with Crippen molar-refractivity contribution in [2.45, 2.75) is 19.4 Å². The predicted octanol–water partition coefficient (Wildman–Crippen LogP) is 2.37. The number of carboxylic acid groups (broad SMARTS) is 1. The van der Waals surface area contributed by atoms with Gasteiger partial charge in [0.1, 0.15) is 5.82 Å². The summed E-state index contributed by atoms with van der Waals surface area (Å²) >= 11 is 0. The van der Waals surface area contributed by atoms with E-state index < -0.39 is 5.97 Å². The molecule has 0 heterocycles. The highest BCUT2D eigenvalue weighted by Crippen LogP contribution is 2.29. The average Bonchev–Trinajstić information content (AvgIpc) is 3.00.